The van der Waals surface area contributed by atoms with E-state index in [-0.39, 0.29) is 5.82 Å². The molecule has 0 unspecified atom stereocenters. The first-order valence-corrected chi connectivity index (χ1v) is 4.25. The Morgan fingerprint density at radius 3 is 2.46 bits per heavy atom. The molecule has 0 saturated carbocycles. The Bertz CT molecular complexity index is 306. The Hall–Kier alpha value is -0.930. The number of hydrogen-bond acceptors (Lipinski definition) is 2. The monoisotopic (exact) mass is 182 g/mol. The molecule has 1 aliphatic rings. The van der Waals surface area contributed by atoms with Crippen LogP contribution >= 0.6 is 0 Å². The van der Waals surface area contributed by atoms with E-state index in [2.05, 4.69) is 0 Å². The van der Waals surface area contributed by atoms with Gasteiger partial charge in [-0.1, -0.05) is 18.2 Å². The lowest BCUT2D eigenvalue weighted by molar-refractivity contribution is -0.151. The molecule has 0 atom stereocenters. The molecule has 0 aromatic heterocycles. The summed E-state index contributed by atoms with van der Waals surface area (Å²) in [5, 5.41) is 0. The molecule has 2 rings (SSSR count). The van der Waals surface area contributed by atoms with Crippen molar-refractivity contribution in [3.63, 3.8) is 0 Å². The van der Waals surface area contributed by atoms with Crippen LogP contribution in [0.4, 0.5) is 4.39 Å². The minimum absolute atomic E-state index is 0.285. The highest BCUT2D eigenvalue weighted by atomic mass is 19.1. The number of halogens is 1. The number of benzene rings is 1. The summed E-state index contributed by atoms with van der Waals surface area (Å²) in [6.07, 6.45) is 0. The van der Waals surface area contributed by atoms with Gasteiger partial charge < -0.3 is 9.47 Å². The maximum absolute atomic E-state index is 13.3. The highest BCUT2D eigenvalue weighted by Crippen LogP contribution is 2.32. The zero-order chi connectivity index (χ0) is 9.31. The third-order valence-electron chi connectivity index (χ3n) is 2.20. The summed E-state index contributed by atoms with van der Waals surface area (Å²) in [6, 6.07) is 6.51. The average Bonchev–Trinajstić information content (AvgIpc) is 2.54. The van der Waals surface area contributed by atoms with E-state index in [4.69, 9.17) is 9.47 Å². The van der Waals surface area contributed by atoms with Crippen LogP contribution in [-0.2, 0) is 15.3 Å². The van der Waals surface area contributed by atoms with Gasteiger partial charge in [0.2, 0.25) is 0 Å². The first-order valence-electron chi connectivity index (χ1n) is 4.25. The predicted molar refractivity (Wildman–Crippen MR) is 45.7 cm³/mol. The van der Waals surface area contributed by atoms with Crippen LogP contribution in [0.15, 0.2) is 24.3 Å². The van der Waals surface area contributed by atoms with Crippen molar-refractivity contribution in [2.45, 2.75) is 12.7 Å². The van der Waals surface area contributed by atoms with E-state index >= 15 is 0 Å². The molecule has 1 saturated heterocycles. The van der Waals surface area contributed by atoms with E-state index in [9.17, 15) is 4.39 Å². The van der Waals surface area contributed by atoms with Gasteiger partial charge in [0.05, 0.1) is 13.2 Å². The van der Waals surface area contributed by atoms with Gasteiger partial charge in [-0.05, 0) is 13.0 Å². The van der Waals surface area contributed by atoms with E-state index < -0.39 is 5.79 Å². The molecule has 0 N–H and O–H groups in total. The lowest BCUT2D eigenvalue weighted by Crippen LogP contribution is -2.23. The molecule has 0 amide bonds. The van der Waals surface area contributed by atoms with Crippen molar-refractivity contribution < 1.29 is 13.9 Å². The Labute approximate surface area is 76.3 Å². The highest BCUT2D eigenvalue weighted by Gasteiger charge is 2.35. The van der Waals surface area contributed by atoms with Gasteiger partial charge in [-0.2, -0.15) is 0 Å². The topological polar surface area (TPSA) is 18.5 Å². The number of ether oxygens (including phenoxy) is 2. The quantitative estimate of drug-likeness (QED) is 0.661. The summed E-state index contributed by atoms with van der Waals surface area (Å²) in [6.45, 7) is 2.77. The Balaban J connectivity index is 2.39. The van der Waals surface area contributed by atoms with Gasteiger partial charge in [0.25, 0.3) is 0 Å². The third-order valence-corrected chi connectivity index (χ3v) is 2.20. The van der Waals surface area contributed by atoms with Crippen LogP contribution in [0.3, 0.4) is 0 Å². The van der Waals surface area contributed by atoms with Crippen LogP contribution in [0, 0.1) is 5.82 Å². The average molecular weight is 182 g/mol. The molecule has 0 radical (unpaired) electrons. The summed E-state index contributed by atoms with van der Waals surface area (Å²) in [4.78, 5) is 0. The third kappa shape index (κ3) is 1.45. The van der Waals surface area contributed by atoms with E-state index in [0.29, 0.717) is 18.8 Å². The van der Waals surface area contributed by atoms with Crippen molar-refractivity contribution in [3.8, 4) is 0 Å². The smallest absolute Gasteiger partial charge is 0.194 e. The molecule has 1 fully saturated rings. The summed E-state index contributed by atoms with van der Waals surface area (Å²) < 4.78 is 24.0. The van der Waals surface area contributed by atoms with Gasteiger partial charge in [0.1, 0.15) is 5.82 Å². The Kier molecular flexibility index (Phi) is 2.06. The number of hydrogen-bond donors (Lipinski definition) is 0. The second-order valence-corrected chi connectivity index (χ2v) is 3.12. The molecule has 2 nitrogen and oxygen atoms in total. The fraction of sp³-hybridized carbons (Fsp3) is 0.400. The largest absolute Gasteiger partial charge is 0.344 e. The van der Waals surface area contributed by atoms with Crippen LogP contribution in [0.25, 0.3) is 0 Å². The zero-order valence-corrected chi connectivity index (χ0v) is 7.42. The Morgan fingerprint density at radius 2 is 1.85 bits per heavy atom. The predicted octanol–water partition coefficient (Wildman–Crippen LogP) is 2.05. The zero-order valence-electron chi connectivity index (χ0n) is 7.42. The first kappa shape index (κ1) is 8.66. The Morgan fingerprint density at radius 1 is 1.23 bits per heavy atom. The van der Waals surface area contributed by atoms with E-state index in [1.807, 2.05) is 0 Å². The molecule has 1 heterocycles. The van der Waals surface area contributed by atoms with Crippen molar-refractivity contribution in [3.05, 3.63) is 35.6 Å². The molecule has 1 aliphatic heterocycles. The molecule has 0 bridgehead atoms. The molecule has 13 heavy (non-hydrogen) atoms. The van der Waals surface area contributed by atoms with Gasteiger partial charge in [0, 0.05) is 5.56 Å². The van der Waals surface area contributed by atoms with Crippen molar-refractivity contribution in [2.75, 3.05) is 13.2 Å². The van der Waals surface area contributed by atoms with Crippen molar-refractivity contribution in [2.24, 2.45) is 0 Å². The summed E-state index contributed by atoms with van der Waals surface area (Å²) in [5.74, 6) is -1.18. The van der Waals surface area contributed by atoms with Crippen molar-refractivity contribution in [1.82, 2.24) is 0 Å². The maximum Gasteiger partial charge on any atom is 0.194 e. The van der Waals surface area contributed by atoms with Gasteiger partial charge in [-0.15, -0.1) is 0 Å². The SMILES string of the molecule is CC1(c2ccccc2F)OCCO1. The number of rotatable bonds is 1. The van der Waals surface area contributed by atoms with Crippen LogP contribution in [0.2, 0.25) is 0 Å². The lowest BCUT2D eigenvalue weighted by atomic mass is 10.1. The minimum atomic E-state index is -0.897. The summed E-state index contributed by atoms with van der Waals surface area (Å²) in [7, 11) is 0. The normalized spacial score (nSPS) is 20.5. The van der Waals surface area contributed by atoms with Crippen LogP contribution in [0.5, 0.6) is 0 Å². The molecule has 3 heteroatoms. The van der Waals surface area contributed by atoms with Gasteiger partial charge in [-0.3, -0.25) is 0 Å². The molecular weight excluding hydrogens is 171 g/mol. The molecule has 1 aromatic rings. The molecule has 70 valence electrons. The molecular formula is C10H11FO2. The lowest BCUT2D eigenvalue weighted by Gasteiger charge is -2.22. The van der Waals surface area contributed by atoms with Crippen LogP contribution in [0.1, 0.15) is 12.5 Å². The molecule has 0 aliphatic carbocycles. The second kappa shape index (κ2) is 3.09. The van der Waals surface area contributed by atoms with Crippen molar-refractivity contribution >= 4 is 0 Å². The first-order chi connectivity index (χ1) is 6.22. The van der Waals surface area contributed by atoms with Crippen LogP contribution in [-0.4, -0.2) is 13.2 Å². The van der Waals surface area contributed by atoms with E-state index in [1.54, 1.807) is 25.1 Å². The molecule has 1 aromatic carbocycles. The second-order valence-electron chi connectivity index (χ2n) is 3.12. The molecule has 0 spiro atoms. The van der Waals surface area contributed by atoms with Gasteiger partial charge >= 0.3 is 0 Å². The van der Waals surface area contributed by atoms with E-state index in [0.717, 1.165) is 0 Å². The summed E-state index contributed by atoms with van der Waals surface area (Å²) in [5.41, 5.74) is 0.465. The maximum atomic E-state index is 13.3. The van der Waals surface area contributed by atoms with E-state index in [1.165, 1.54) is 6.07 Å². The minimum Gasteiger partial charge on any atom is -0.344 e. The van der Waals surface area contributed by atoms with Gasteiger partial charge in [0.15, 0.2) is 5.79 Å². The van der Waals surface area contributed by atoms with Gasteiger partial charge in [-0.25, -0.2) is 4.39 Å². The fourth-order valence-electron chi connectivity index (χ4n) is 1.50. The van der Waals surface area contributed by atoms with Crippen molar-refractivity contribution in [1.29, 1.82) is 0 Å². The van der Waals surface area contributed by atoms with Crippen LogP contribution < -0.4 is 0 Å². The highest BCUT2D eigenvalue weighted by molar-refractivity contribution is 5.22. The fourth-order valence-corrected chi connectivity index (χ4v) is 1.50. The standard InChI is InChI=1S/C10H11FO2/c1-10(12-6-7-13-10)8-4-2-3-5-9(8)11/h2-5H,6-7H2,1H3. The summed E-state index contributed by atoms with van der Waals surface area (Å²) >= 11 is 0.